The lowest BCUT2D eigenvalue weighted by atomic mass is 9.97. The highest BCUT2D eigenvalue weighted by Gasteiger charge is 2.33. The Morgan fingerprint density at radius 1 is 1.41 bits per heavy atom. The van der Waals surface area contributed by atoms with Crippen LogP contribution in [0.25, 0.3) is 11.0 Å². The molecule has 2 aromatic rings. The van der Waals surface area contributed by atoms with Crippen LogP contribution < -0.4 is 5.32 Å². The van der Waals surface area contributed by atoms with Gasteiger partial charge in [0.2, 0.25) is 0 Å². The number of hydrogen-bond acceptors (Lipinski definition) is 5. The molecule has 1 N–H and O–H groups in total. The zero-order valence-electron chi connectivity index (χ0n) is 12.1. The third kappa shape index (κ3) is 2.39. The summed E-state index contributed by atoms with van der Waals surface area (Å²) in [4.78, 5) is 29.7. The van der Waals surface area contributed by atoms with Crippen LogP contribution in [0.15, 0.2) is 22.7 Å². The molecule has 6 heteroatoms. The maximum atomic E-state index is 12.4. The van der Waals surface area contributed by atoms with E-state index in [0.717, 1.165) is 31.4 Å². The molecule has 1 amide bonds. The summed E-state index contributed by atoms with van der Waals surface area (Å²) in [6.07, 6.45) is 4.48. The minimum absolute atomic E-state index is 0.182. The third-order valence-corrected chi connectivity index (χ3v) is 4.57. The van der Waals surface area contributed by atoms with Crippen molar-refractivity contribution in [3.63, 3.8) is 0 Å². The second-order valence-electron chi connectivity index (χ2n) is 6.19. The number of nitrogens with zero attached hydrogens (tertiary/aromatic N) is 2. The molecule has 0 aliphatic carbocycles. The Hall–Kier alpha value is -2.21. The molecule has 2 bridgehead atoms. The van der Waals surface area contributed by atoms with Crippen molar-refractivity contribution in [3.05, 3.63) is 29.8 Å². The number of aldehydes is 1. The molecular formula is C16H17N3O3. The van der Waals surface area contributed by atoms with E-state index in [1.807, 2.05) is 0 Å². The van der Waals surface area contributed by atoms with Gasteiger partial charge in [0, 0.05) is 36.8 Å². The van der Waals surface area contributed by atoms with Crippen LogP contribution in [0.3, 0.4) is 0 Å². The average molecular weight is 299 g/mol. The number of furan rings is 1. The van der Waals surface area contributed by atoms with Crippen LogP contribution in [0, 0.1) is 5.92 Å². The summed E-state index contributed by atoms with van der Waals surface area (Å²) in [5.41, 5.74) is 0.835. The first-order valence-electron chi connectivity index (χ1n) is 7.59. The van der Waals surface area contributed by atoms with Gasteiger partial charge in [-0.2, -0.15) is 0 Å². The second-order valence-corrected chi connectivity index (χ2v) is 6.19. The number of amides is 1. The third-order valence-electron chi connectivity index (χ3n) is 4.57. The molecule has 4 rings (SSSR count). The summed E-state index contributed by atoms with van der Waals surface area (Å²) in [7, 11) is 0. The fourth-order valence-electron chi connectivity index (χ4n) is 3.56. The zero-order chi connectivity index (χ0) is 15.1. The Kier molecular flexibility index (Phi) is 3.18. The summed E-state index contributed by atoms with van der Waals surface area (Å²) in [6.45, 7) is 3.22. The molecule has 2 fully saturated rings. The molecule has 22 heavy (non-hydrogen) atoms. The Labute approximate surface area is 127 Å². The molecule has 6 nitrogen and oxygen atoms in total. The number of fused-ring (bicyclic) bond motifs is 3. The van der Waals surface area contributed by atoms with Crippen molar-refractivity contribution >= 4 is 23.2 Å². The van der Waals surface area contributed by atoms with Gasteiger partial charge < -0.3 is 14.6 Å². The van der Waals surface area contributed by atoms with Gasteiger partial charge in [-0.25, -0.2) is 0 Å². The van der Waals surface area contributed by atoms with Crippen LogP contribution >= 0.6 is 0 Å². The van der Waals surface area contributed by atoms with Gasteiger partial charge in [0.05, 0.1) is 0 Å². The SMILES string of the molecule is O=Cc1cc2cnc(C(=O)N[C@@H]3C[C@@H]4CCN(C4)C3)cc2o1. The summed E-state index contributed by atoms with van der Waals surface area (Å²) in [5, 5.41) is 3.79. The van der Waals surface area contributed by atoms with E-state index in [2.05, 4.69) is 15.2 Å². The molecule has 0 saturated carbocycles. The van der Waals surface area contributed by atoms with Crippen LogP contribution in [-0.4, -0.2) is 47.8 Å². The fraction of sp³-hybridized carbons (Fsp3) is 0.438. The molecule has 4 heterocycles. The maximum Gasteiger partial charge on any atom is 0.270 e. The van der Waals surface area contributed by atoms with E-state index < -0.39 is 0 Å². The lowest BCUT2D eigenvalue weighted by Gasteiger charge is -2.30. The predicted molar refractivity (Wildman–Crippen MR) is 79.8 cm³/mol. The molecule has 0 radical (unpaired) electrons. The summed E-state index contributed by atoms with van der Waals surface area (Å²) in [5.74, 6) is 0.763. The van der Waals surface area contributed by atoms with Gasteiger partial charge in [0.1, 0.15) is 11.3 Å². The van der Waals surface area contributed by atoms with Gasteiger partial charge in [-0.1, -0.05) is 0 Å². The lowest BCUT2D eigenvalue weighted by molar-refractivity contribution is 0.0904. The van der Waals surface area contributed by atoms with Crippen molar-refractivity contribution in [2.24, 2.45) is 5.92 Å². The first-order valence-corrected chi connectivity index (χ1v) is 7.59. The maximum absolute atomic E-state index is 12.4. The number of nitrogens with one attached hydrogen (secondary N) is 1. The molecule has 2 aliphatic heterocycles. The Morgan fingerprint density at radius 2 is 2.32 bits per heavy atom. The number of aromatic nitrogens is 1. The van der Waals surface area contributed by atoms with E-state index in [1.165, 1.54) is 6.42 Å². The number of carbonyl (C=O) groups excluding carboxylic acids is 2. The highest BCUT2D eigenvalue weighted by atomic mass is 16.3. The van der Waals surface area contributed by atoms with Crippen molar-refractivity contribution in [1.82, 2.24) is 15.2 Å². The van der Waals surface area contributed by atoms with Gasteiger partial charge in [0.15, 0.2) is 12.0 Å². The van der Waals surface area contributed by atoms with E-state index in [-0.39, 0.29) is 17.7 Å². The van der Waals surface area contributed by atoms with E-state index in [9.17, 15) is 9.59 Å². The fourth-order valence-corrected chi connectivity index (χ4v) is 3.56. The number of hydrogen-bond donors (Lipinski definition) is 1. The quantitative estimate of drug-likeness (QED) is 0.869. The van der Waals surface area contributed by atoms with Crippen molar-refractivity contribution in [3.8, 4) is 0 Å². The van der Waals surface area contributed by atoms with E-state index in [1.54, 1.807) is 18.3 Å². The number of carbonyl (C=O) groups is 2. The highest BCUT2D eigenvalue weighted by molar-refractivity contribution is 5.96. The summed E-state index contributed by atoms with van der Waals surface area (Å²) in [6, 6.07) is 3.40. The monoisotopic (exact) mass is 299 g/mol. The standard InChI is InChI=1S/C16H17N3O3/c20-9-13-4-11-6-17-14(5-15(11)22-13)16(21)18-12-3-10-1-2-19(7-10)8-12/h4-6,9-10,12H,1-3,7-8H2,(H,18,21)/t10-,12+/m0/s1. The minimum atomic E-state index is -0.182. The molecular weight excluding hydrogens is 282 g/mol. The topological polar surface area (TPSA) is 75.4 Å². The van der Waals surface area contributed by atoms with E-state index in [4.69, 9.17) is 4.42 Å². The average Bonchev–Trinajstić information content (AvgIpc) is 3.09. The van der Waals surface area contributed by atoms with Crippen LogP contribution in [0.4, 0.5) is 0 Å². The van der Waals surface area contributed by atoms with E-state index in [0.29, 0.717) is 23.5 Å². The Bertz CT molecular complexity index is 727. The van der Waals surface area contributed by atoms with Crippen LogP contribution in [0.5, 0.6) is 0 Å². The molecule has 114 valence electrons. The van der Waals surface area contributed by atoms with Crippen LogP contribution in [-0.2, 0) is 0 Å². The van der Waals surface area contributed by atoms with Gasteiger partial charge >= 0.3 is 0 Å². The summed E-state index contributed by atoms with van der Waals surface area (Å²) < 4.78 is 5.35. The van der Waals surface area contributed by atoms with Crippen molar-refractivity contribution in [2.75, 3.05) is 19.6 Å². The zero-order valence-corrected chi connectivity index (χ0v) is 12.1. The number of pyridine rings is 1. The smallest absolute Gasteiger partial charge is 0.270 e. The Balaban J connectivity index is 1.51. The van der Waals surface area contributed by atoms with Crippen molar-refractivity contribution in [1.29, 1.82) is 0 Å². The largest absolute Gasteiger partial charge is 0.453 e. The molecule has 2 aliphatic rings. The van der Waals surface area contributed by atoms with Crippen LogP contribution in [0.2, 0.25) is 0 Å². The molecule has 2 aromatic heterocycles. The summed E-state index contributed by atoms with van der Waals surface area (Å²) >= 11 is 0. The molecule has 2 saturated heterocycles. The van der Waals surface area contributed by atoms with Gasteiger partial charge in [-0.15, -0.1) is 0 Å². The molecule has 0 spiro atoms. The van der Waals surface area contributed by atoms with Crippen molar-refractivity contribution < 1.29 is 14.0 Å². The first-order chi connectivity index (χ1) is 10.7. The Morgan fingerprint density at radius 3 is 3.14 bits per heavy atom. The minimum Gasteiger partial charge on any atom is -0.453 e. The van der Waals surface area contributed by atoms with Gasteiger partial charge in [-0.3, -0.25) is 14.6 Å². The molecule has 3 atom stereocenters. The van der Waals surface area contributed by atoms with Crippen LogP contribution in [0.1, 0.15) is 33.9 Å². The second kappa shape index (κ2) is 5.21. The normalized spacial score (nSPS) is 27.0. The highest BCUT2D eigenvalue weighted by Crippen LogP contribution is 2.27. The number of piperidine rings is 1. The van der Waals surface area contributed by atoms with Crippen molar-refractivity contribution in [2.45, 2.75) is 18.9 Å². The van der Waals surface area contributed by atoms with Gasteiger partial charge in [-0.05, 0) is 31.4 Å². The predicted octanol–water partition coefficient (Wildman–Crippen LogP) is 1.46. The number of rotatable bonds is 3. The molecule has 1 unspecified atom stereocenters. The lowest BCUT2D eigenvalue weighted by Crippen LogP contribution is -2.47. The van der Waals surface area contributed by atoms with E-state index >= 15 is 0 Å². The molecule has 0 aromatic carbocycles. The first kappa shape index (κ1) is 13.5. The van der Waals surface area contributed by atoms with Gasteiger partial charge in [0.25, 0.3) is 5.91 Å².